The van der Waals surface area contributed by atoms with Crippen LogP contribution < -0.4 is 14.2 Å². The summed E-state index contributed by atoms with van der Waals surface area (Å²) >= 11 is 8.78. The lowest BCUT2D eigenvalue weighted by Gasteiger charge is -2.20. The fraction of sp³-hybridized carbons (Fsp3) is 0.100. The van der Waals surface area contributed by atoms with Gasteiger partial charge < -0.3 is 14.2 Å². The van der Waals surface area contributed by atoms with Crippen LogP contribution in [0, 0.1) is 20.8 Å². The Bertz CT molecular complexity index is 3760. The van der Waals surface area contributed by atoms with Crippen LogP contribution in [0.15, 0.2) is 241 Å². The molecule has 3 nitrogen and oxygen atoms in total. The minimum Gasteiger partial charge on any atom is -0.406 e. The number of benzene rings is 10. The van der Waals surface area contributed by atoms with E-state index >= 15 is 0 Å². The molecule has 0 aliphatic heterocycles. The zero-order chi connectivity index (χ0) is 54.9. The number of hydrogen-bond donors (Lipinski definition) is 0. The molecule has 78 heavy (non-hydrogen) atoms. The largest absolute Gasteiger partial charge is 0.573 e. The molecule has 0 aromatic heterocycles. The van der Waals surface area contributed by atoms with Gasteiger partial charge in [0.15, 0.2) is 0 Å². The van der Waals surface area contributed by atoms with Crippen LogP contribution in [0.1, 0.15) is 16.7 Å². The van der Waals surface area contributed by atoms with E-state index in [1.165, 1.54) is 95.9 Å². The van der Waals surface area contributed by atoms with Crippen LogP contribution in [-0.4, -0.2) is 19.1 Å². The van der Waals surface area contributed by atoms with Gasteiger partial charge in [-0.1, -0.05) is 124 Å². The molecule has 0 saturated carbocycles. The van der Waals surface area contributed by atoms with E-state index in [2.05, 4.69) is 87.0 Å². The first kappa shape index (κ1) is 55.2. The van der Waals surface area contributed by atoms with Crippen molar-refractivity contribution in [1.29, 1.82) is 0 Å². The molecule has 0 saturated heterocycles. The highest BCUT2D eigenvalue weighted by Gasteiger charge is 2.33. The highest BCUT2D eigenvalue weighted by Crippen LogP contribution is 2.51. The summed E-state index contributed by atoms with van der Waals surface area (Å²) in [5.74, 6) is -1.15. The van der Waals surface area contributed by atoms with Crippen molar-refractivity contribution in [3.63, 3.8) is 0 Å². The van der Waals surface area contributed by atoms with Crippen LogP contribution >= 0.6 is 70.6 Å². The van der Waals surface area contributed by atoms with Crippen LogP contribution in [0.25, 0.3) is 32.3 Å². The van der Waals surface area contributed by atoms with Crippen LogP contribution in [0.3, 0.4) is 0 Å². The van der Waals surface area contributed by atoms with Gasteiger partial charge in [0.1, 0.15) is 17.2 Å². The smallest absolute Gasteiger partial charge is 0.406 e. The van der Waals surface area contributed by atoms with E-state index < -0.39 is 30.6 Å². The molecule has 0 bridgehead atoms. The van der Waals surface area contributed by atoms with E-state index in [0.717, 1.165) is 83.3 Å². The zero-order valence-corrected chi connectivity index (χ0v) is 45.8. The van der Waals surface area contributed by atoms with Crippen LogP contribution in [0.4, 0.5) is 39.5 Å². The van der Waals surface area contributed by atoms with E-state index in [4.69, 9.17) is 0 Å². The molecular formula is C60H39F9O3S6. The predicted molar refractivity (Wildman–Crippen MR) is 297 cm³/mol. The van der Waals surface area contributed by atoms with Gasteiger partial charge in [0.2, 0.25) is 0 Å². The topological polar surface area (TPSA) is 27.7 Å². The summed E-state index contributed by atoms with van der Waals surface area (Å²) < 4.78 is 132. The molecule has 0 N–H and O–H groups in total. The number of rotatable bonds is 15. The fourth-order valence-corrected chi connectivity index (χ4v) is 14.1. The molecule has 18 heteroatoms. The number of hydrogen-bond acceptors (Lipinski definition) is 9. The van der Waals surface area contributed by atoms with Gasteiger partial charge in [0.05, 0.1) is 0 Å². The Kier molecular flexibility index (Phi) is 16.2. The molecule has 0 amide bonds. The van der Waals surface area contributed by atoms with Gasteiger partial charge in [-0.15, -0.1) is 39.5 Å². The first-order valence-electron chi connectivity index (χ1n) is 23.5. The first-order chi connectivity index (χ1) is 37.1. The molecule has 396 valence electrons. The molecule has 0 atom stereocenters. The third-order valence-electron chi connectivity index (χ3n) is 11.7. The summed E-state index contributed by atoms with van der Waals surface area (Å²) in [7, 11) is 0. The Balaban J connectivity index is 1.24. The Morgan fingerprint density at radius 3 is 0.551 bits per heavy atom. The Labute approximate surface area is 468 Å². The molecule has 0 aliphatic rings. The van der Waals surface area contributed by atoms with Gasteiger partial charge in [0.25, 0.3) is 0 Å². The maximum absolute atomic E-state index is 13.3. The summed E-state index contributed by atoms with van der Waals surface area (Å²) in [6, 6.07) is 54.1. The third kappa shape index (κ3) is 14.2. The van der Waals surface area contributed by atoms with Crippen molar-refractivity contribution in [3.05, 3.63) is 199 Å². The lowest BCUT2D eigenvalue weighted by Crippen LogP contribution is -2.16. The summed E-state index contributed by atoms with van der Waals surface area (Å²) in [6.07, 6.45) is -14.7. The second-order valence-electron chi connectivity index (χ2n) is 17.6. The third-order valence-corrected chi connectivity index (χ3v) is 18.5. The monoisotopic (exact) mass is 1170 g/mol. The highest BCUT2D eigenvalue weighted by atomic mass is 32.2. The molecule has 10 aromatic carbocycles. The van der Waals surface area contributed by atoms with Crippen molar-refractivity contribution >= 4 is 103 Å². The predicted octanol–water partition coefficient (Wildman–Crippen LogP) is 21.7. The van der Waals surface area contributed by atoms with Gasteiger partial charge in [-0.05, 0) is 199 Å². The van der Waals surface area contributed by atoms with Gasteiger partial charge in [-0.3, -0.25) is 0 Å². The zero-order valence-electron chi connectivity index (χ0n) is 40.9. The maximum atomic E-state index is 13.3. The Hall–Kier alpha value is -6.15. The van der Waals surface area contributed by atoms with E-state index in [-0.39, 0.29) is 5.75 Å². The number of halogens is 9. The first-order valence-corrected chi connectivity index (χ1v) is 28.4. The number of aryl methyl sites for hydroxylation is 3. The van der Waals surface area contributed by atoms with Crippen molar-refractivity contribution < 1.29 is 53.7 Å². The molecule has 0 radical (unpaired) electrons. The normalized spacial score (nSPS) is 12.2. The molecule has 0 fully saturated rings. The minimum absolute atomic E-state index is 0.358. The fourth-order valence-electron chi connectivity index (χ4n) is 8.20. The Morgan fingerprint density at radius 1 is 0.244 bits per heavy atom. The highest BCUT2D eigenvalue weighted by molar-refractivity contribution is 8.03. The lowest BCUT2D eigenvalue weighted by molar-refractivity contribution is -0.275. The Morgan fingerprint density at radius 2 is 0.397 bits per heavy atom. The number of fused-ring (bicyclic) bond motifs is 6. The SMILES string of the molecule is Cc1ccc(Sc2cc3c(cc2Sc2ccc(C)cc2)c2cc(Sc4ccc(OC(F)(F)F)cc4)c(Sc4ccc(OC(F)(F)F)cc4)cc2c2cc(Sc4ccc(OC(F)(F)F)cc4)c(Sc4ccc(C)cc4)cc32)cc1. The number of alkyl halides is 9. The second kappa shape index (κ2) is 22.9. The second-order valence-corrected chi connectivity index (χ2v) is 24.3. The lowest BCUT2D eigenvalue weighted by atomic mass is 9.94. The summed E-state index contributed by atoms with van der Waals surface area (Å²) in [6.45, 7) is 6.07. The molecule has 10 aromatic rings. The van der Waals surface area contributed by atoms with Gasteiger partial charge >= 0.3 is 19.1 Å². The van der Waals surface area contributed by atoms with Gasteiger partial charge in [-0.2, -0.15) is 0 Å². The molecule has 0 aliphatic carbocycles. The van der Waals surface area contributed by atoms with Crippen molar-refractivity contribution in [2.75, 3.05) is 0 Å². The minimum atomic E-state index is -4.90. The van der Waals surface area contributed by atoms with Crippen molar-refractivity contribution in [2.45, 2.75) is 98.6 Å². The number of ether oxygens (including phenoxy) is 3. The van der Waals surface area contributed by atoms with Crippen molar-refractivity contribution in [1.82, 2.24) is 0 Å². The van der Waals surface area contributed by atoms with Crippen LogP contribution in [-0.2, 0) is 0 Å². The average molecular weight is 1170 g/mol. The van der Waals surface area contributed by atoms with Crippen molar-refractivity contribution in [2.24, 2.45) is 0 Å². The average Bonchev–Trinajstić information content (AvgIpc) is 3.27. The van der Waals surface area contributed by atoms with Crippen LogP contribution in [0.5, 0.6) is 17.2 Å². The van der Waals surface area contributed by atoms with E-state index in [0.29, 0.717) is 24.5 Å². The summed E-state index contributed by atoms with van der Waals surface area (Å²) in [4.78, 5) is 9.83. The van der Waals surface area contributed by atoms with E-state index in [1.807, 2.05) is 57.2 Å². The van der Waals surface area contributed by atoms with Gasteiger partial charge in [-0.25, -0.2) is 0 Å². The molecule has 0 heterocycles. The molecular weight excluding hydrogens is 1130 g/mol. The molecule has 0 unspecified atom stereocenters. The standard InChI is InChI=1S/C60H39F9O3S6/c1-34-4-16-40(17-5-34)73-52-28-46-47(29-53(52)74-41-18-6-35(2)7-19-41)50-32-56(77-44-24-12-38(13-25-44)71-59(64,65)66)57(78-45-26-14-39(15-27-45)72-60(67,68)69)33-51(50)49-31-55(76-43-22-10-37(11-23-43)70-58(61,62)63)54(30-48(46)49)75-42-20-8-36(3)9-21-42/h4-33H,1-3H3. The maximum Gasteiger partial charge on any atom is 0.573 e. The molecule has 10 rings (SSSR count). The molecule has 0 spiro atoms. The van der Waals surface area contributed by atoms with E-state index in [1.54, 1.807) is 47.4 Å². The summed E-state index contributed by atoms with van der Waals surface area (Å²) in [5, 5.41) is 5.18. The summed E-state index contributed by atoms with van der Waals surface area (Å²) in [5.41, 5.74) is 3.31. The van der Waals surface area contributed by atoms with Crippen LogP contribution in [0.2, 0.25) is 0 Å². The van der Waals surface area contributed by atoms with Crippen molar-refractivity contribution in [3.8, 4) is 17.2 Å². The van der Waals surface area contributed by atoms with E-state index in [9.17, 15) is 39.5 Å². The quantitative estimate of drug-likeness (QED) is 0.0735. The van der Waals surface area contributed by atoms with Gasteiger partial charge in [0, 0.05) is 58.7 Å².